The first-order valence-electron chi connectivity index (χ1n) is 4.61. The summed E-state index contributed by atoms with van der Waals surface area (Å²) in [5.41, 5.74) is 0. The van der Waals surface area contributed by atoms with Crippen LogP contribution in [0.25, 0.3) is 0 Å². The molecule has 1 heterocycles. The largest absolute Gasteiger partial charge is 0.477 e. The zero-order valence-corrected chi connectivity index (χ0v) is 11.7. The van der Waals surface area contributed by atoms with Crippen LogP contribution < -0.4 is 4.72 Å². The van der Waals surface area contributed by atoms with E-state index in [0.29, 0.717) is 0 Å². The van der Waals surface area contributed by atoms with Crippen LogP contribution >= 0.6 is 11.3 Å². The Labute approximate surface area is 108 Å². The zero-order chi connectivity index (χ0) is 14.0. The summed E-state index contributed by atoms with van der Waals surface area (Å²) >= 11 is 0.787. The van der Waals surface area contributed by atoms with Gasteiger partial charge in [-0.1, -0.05) is 0 Å². The summed E-state index contributed by atoms with van der Waals surface area (Å²) in [6.07, 6.45) is 0.981. The Hall–Kier alpha value is -0.970. The monoisotopic (exact) mass is 313 g/mol. The van der Waals surface area contributed by atoms with E-state index in [1.54, 1.807) is 0 Å². The molecule has 1 rings (SSSR count). The summed E-state index contributed by atoms with van der Waals surface area (Å²) in [4.78, 5) is 10.1. The smallest absolute Gasteiger partial charge is 0.347 e. The molecule has 1 aromatic rings. The Kier molecular flexibility index (Phi) is 4.48. The summed E-state index contributed by atoms with van der Waals surface area (Å²) in [6.45, 7) is -0.296. The van der Waals surface area contributed by atoms with Gasteiger partial charge in [0.05, 0.1) is 5.75 Å². The number of hydrogen-bond donors (Lipinski definition) is 2. The lowest BCUT2D eigenvalue weighted by molar-refractivity contribution is 0.0698. The Morgan fingerprint density at radius 1 is 1.39 bits per heavy atom. The van der Waals surface area contributed by atoms with E-state index >= 15 is 0 Å². The summed E-state index contributed by atoms with van der Waals surface area (Å²) in [6, 6.07) is 1.16. The Morgan fingerprint density at radius 2 is 2.00 bits per heavy atom. The van der Waals surface area contributed by atoms with Crippen LogP contribution in [0.4, 0.5) is 0 Å². The average Bonchev–Trinajstić information content (AvgIpc) is 2.63. The summed E-state index contributed by atoms with van der Waals surface area (Å²) in [5, 5.41) is 10.1. The molecule has 0 saturated heterocycles. The second-order valence-electron chi connectivity index (χ2n) is 3.45. The molecule has 102 valence electrons. The first-order valence-corrected chi connectivity index (χ1v) is 9.04. The van der Waals surface area contributed by atoms with Gasteiger partial charge in [0.15, 0.2) is 0 Å². The van der Waals surface area contributed by atoms with Gasteiger partial charge in [-0.3, -0.25) is 0 Å². The van der Waals surface area contributed by atoms with Crippen molar-refractivity contribution < 1.29 is 26.7 Å². The topological polar surface area (TPSA) is 118 Å². The van der Waals surface area contributed by atoms with Crippen molar-refractivity contribution in [3.8, 4) is 0 Å². The first kappa shape index (κ1) is 15.1. The van der Waals surface area contributed by atoms with Gasteiger partial charge in [-0.25, -0.2) is 26.4 Å². The minimum atomic E-state index is -4.00. The predicted octanol–water partition coefficient (Wildman–Crippen LogP) is -0.231. The van der Waals surface area contributed by atoms with E-state index in [-0.39, 0.29) is 22.1 Å². The molecule has 0 aliphatic heterocycles. The number of thiophene rings is 1. The van der Waals surface area contributed by atoms with Gasteiger partial charge in [0.25, 0.3) is 0 Å². The van der Waals surface area contributed by atoms with Crippen molar-refractivity contribution in [1.82, 2.24) is 4.72 Å². The molecule has 0 amide bonds. The number of rotatable bonds is 6. The molecular formula is C8H11NO6S3. The number of aromatic carboxylic acids is 1. The van der Waals surface area contributed by atoms with Crippen molar-refractivity contribution in [3.63, 3.8) is 0 Å². The number of nitrogens with one attached hydrogen (secondary N) is 1. The minimum Gasteiger partial charge on any atom is -0.477 e. The van der Waals surface area contributed by atoms with Crippen molar-refractivity contribution in [3.05, 3.63) is 16.3 Å². The highest BCUT2D eigenvalue weighted by molar-refractivity contribution is 7.91. The average molecular weight is 313 g/mol. The summed E-state index contributed by atoms with van der Waals surface area (Å²) in [7, 11) is -7.28. The third-order valence-corrected chi connectivity index (χ3v) is 5.36. The van der Waals surface area contributed by atoms with Gasteiger partial charge in [-0.2, -0.15) is 0 Å². The van der Waals surface area contributed by atoms with Gasteiger partial charge in [0, 0.05) is 12.8 Å². The number of hydrogen-bond acceptors (Lipinski definition) is 6. The number of carboxylic acid groups (broad SMARTS) is 1. The van der Waals surface area contributed by atoms with Gasteiger partial charge < -0.3 is 5.11 Å². The molecule has 0 aliphatic rings. The second-order valence-corrected chi connectivity index (χ2v) is 8.36. The lowest BCUT2D eigenvalue weighted by Gasteiger charge is -2.05. The standard InChI is InChI=1S/C8H11NO6S3/c1-17(12,13)5-3-9-18(14,15)6-2-4-16-7(6)8(10)11/h2,4,9H,3,5H2,1H3,(H,10,11). The highest BCUT2D eigenvalue weighted by Gasteiger charge is 2.23. The fourth-order valence-corrected chi connectivity index (χ4v) is 4.00. The molecule has 0 atom stereocenters. The number of carboxylic acids is 1. The maximum absolute atomic E-state index is 11.7. The molecule has 1 aromatic heterocycles. The third-order valence-electron chi connectivity index (χ3n) is 1.88. The van der Waals surface area contributed by atoms with E-state index in [0.717, 1.165) is 23.7 Å². The number of sulfonamides is 1. The van der Waals surface area contributed by atoms with Crippen LogP contribution in [0.1, 0.15) is 9.67 Å². The molecule has 2 N–H and O–H groups in total. The van der Waals surface area contributed by atoms with Crippen molar-refractivity contribution in [2.75, 3.05) is 18.6 Å². The van der Waals surface area contributed by atoms with E-state index in [2.05, 4.69) is 0 Å². The van der Waals surface area contributed by atoms with Gasteiger partial charge in [0.2, 0.25) is 10.0 Å². The Bertz CT molecular complexity index is 642. The second kappa shape index (κ2) is 5.34. The highest BCUT2D eigenvalue weighted by atomic mass is 32.2. The molecule has 0 fully saturated rings. The van der Waals surface area contributed by atoms with Crippen LogP contribution in [0.3, 0.4) is 0 Å². The van der Waals surface area contributed by atoms with E-state index in [1.807, 2.05) is 4.72 Å². The lowest BCUT2D eigenvalue weighted by Crippen LogP contribution is -2.29. The number of sulfone groups is 1. The molecule has 10 heteroatoms. The fourth-order valence-electron chi connectivity index (χ4n) is 1.10. The Balaban J connectivity index is 2.87. The number of carbonyl (C=O) groups is 1. The van der Waals surface area contributed by atoms with Crippen LogP contribution in [0.5, 0.6) is 0 Å². The van der Waals surface area contributed by atoms with Crippen molar-refractivity contribution >= 4 is 37.2 Å². The van der Waals surface area contributed by atoms with Crippen LogP contribution in [0.15, 0.2) is 16.3 Å². The van der Waals surface area contributed by atoms with E-state index in [4.69, 9.17) is 5.11 Å². The molecule has 0 saturated carbocycles. The van der Waals surface area contributed by atoms with Gasteiger partial charge in [-0.15, -0.1) is 11.3 Å². The molecule has 0 aromatic carbocycles. The van der Waals surface area contributed by atoms with Crippen LogP contribution in [-0.4, -0.2) is 46.5 Å². The molecule has 18 heavy (non-hydrogen) atoms. The van der Waals surface area contributed by atoms with E-state index in [9.17, 15) is 21.6 Å². The van der Waals surface area contributed by atoms with Gasteiger partial charge in [0.1, 0.15) is 19.6 Å². The Morgan fingerprint density at radius 3 is 2.50 bits per heavy atom. The van der Waals surface area contributed by atoms with Crippen molar-refractivity contribution in [1.29, 1.82) is 0 Å². The fraction of sp³-hybridized carbons (Fsp3) is 0.375. The van der Waals surface area contributed by atoms with Gasteiger partial charge >= 0.3 is 5.97 Å². The van der Waals surface area contributed by atoms with E-state index in [1.165, 1.54) is 5.38 Å². The first-order chi connectivity index (χ1) is 8.13. The zero-order valence-electron chi connectivity index (χ0n) is 9.28. The maximum Gasteiger partial charge on any atom is 0.347 e. The highest BCUT2D eigenvalue weighted by Crippen LogP contribution is 2.21. The molecule has 0 unspecified atom stereocenters. The summed E-state index contributed by atoms with van der Waals surface area (Å²) in [5.74, 6) is -1.69. The van der Waals surface area contributed by atoms with Crippen molar-refractivity contribution in [2.24, 2.45) is 0 Å². The van der Waals surface area contributed by atoms with Crippen LogP contribution in [0, 0.1) is 0 Å². The SMILES string of the molecule is CS(=O)(=O)CCNS(=O)(=O)c1ccsc1C(=O)O. The molecule has 0 spiro atoms. The molecule has 7 nitrogen and oxygen atoms in total. The maximum atomic E-state index is 11.7. The van der Waals surface area contributed by atoms with Crippen LogP contribution in [-0.2, 0) is 19.9 Å². The quantitative estimate of drug-likeness (QED) is 0.749. The predicted molar refractivity (Wildman–Crippen MR) is 66.2 cm³/mol. The normalized spacial score (nSPS) is 12.5. The molecule has 0 bridgehead atoms. The van der Waals surface area contributed by atoms with Crippen LogP contribution in [0.2, 0.25) is 0 Å². The van der Waals surface area contributed by atoms with Crippen molar-refractivity contribution in [2.45, 2.75) is 4.90 Å². The lowest BCUT2D eigenvalue weighted by atomic mass is 10.5. The molecular weight excluding hydrogens is 302 g/mol. The minimum absolute atomic E-state index is 0.296. The molecule has 0 radical (unpaired) electrons. The third kappa shape index (κ3) is 4.05. The summed E-state index contributed by atoms with van der Waals surface area (Å²) < 4.78 is 47.2. The molecule has 0 aliphatic carbocycles. The van der Waals surface area contributed by atoms with E-state index < -0.39 is 25.8 Å². The van der Waals surface area contributed by atoms with Gasteiger partial charge in [-0.05, 0) is 11.4 Å².